The van der Waals surface area contributed by atoms with E-state index >= 15 is 0 Å². The molecule has 100 valence electrons. The van der Waals surface area contributed by atoms with E-state index in [1.54, 1.807) is 0 Å². The molecule has 0 aromatic carbocycles. The summed E-state index contributed by atoms with van der Waals surface area (Å²) in [5.74, 6) is -0.476. The van der Waals surface area contributed by atoms with Crippen molar-refractivity contribution in [2.24, 2.45) is 0 Å². The summed E-state index contributed by atoms with van der Waals surface area (Å²) in [5.41, 5.74) is 2.21. The van der Waals surface area contributed by atoms with Crippen molar-refractivity contribution in [1.82, 2.24) is 10.6 Å². The molecule has 0 rings (SSSR count). The highest BCUT2D eigenvalue weighted by Crippen LogP contribution is 2.35. The summed E-state index contributed by atoms with van der Waals surface area (Å²) in [6, 6.07) is -0.924. The Labute approximate surface area is 99.1 Å². The van der Waals surface area contributed by atoms with Gasteiger partial charge in [0, 0.05) is 7.05 Å². The number of likely N-dealkylation sites (N-methyl/N-ethyl adjacent to an activating group) is 1. The Kier molecular flexibility index (Phi) is 6.98. The van der Waals surface area contributed by atoms with Gasteiger partial charge in [0.25, 0.3) is 0 Å². The van der Waals surface area contributed by atoms with E-state index in [0.717, 1.165) is 6.42 Å². The molecule has 0 aliphatic heterocycles. The lowest BCUT2D eigenvalue weighted by Crippen LogP contribution is -2.50. The summed E-state index contributed by atoms with van der Waals surface area (Å²) in [7, 11) is -3.45. The Morgan fingerprint density at radius 3 is 2.35 bits per heavy atom. The molecule has 9 heteroatoms. The third-order valence-corrected chi connectivity index (χ3v) is 2.78. The lowest BCUT2D eigenvalue weighted by Gasteiger charge is -2.17. The molecule has 0 saturated carbocycles. The molecule has 1 unspecified atom stereocenters. The fourth-order valence-electron chi connectivity index (χ4n) is 1.20. The second-order valence-corrected chi connectivity index (χ2v) is 5.00. The molecule has 0 aliphatic rings. The first-order valence-electron chi connectivity index (χ1n) is 5.20. The third kappa shape index (κ3) is 6.38. The topological polar surface area (TPSA) is 143 Å². The smallest absolute Gasteiger partial charge is 0.358 e. The number of carbonyl (C=O) groups excluding carboxylic acids is 2. The molecular formula is C8H19N3O5P+. The zero-order valence-corrected chi connectivity index (χ0v) is 10.6. The van der Waals surface area contributed by atoms with E-state index in [1.807, 2.05) is 5.32 Å². The number of nitrogens with one attached hydrogen (secondary N) is 2. The monoisotopic (exact) mass is 268 g/mol. The van der Waals surface area contributed by atoms with Gasteiger partial charge in [0.15, 0.2) is 0 Å². The Morgan fingerprint density at radius 1 is 1.35 bits per heavy atom. The van der Waals surface area contributed by atoms with Crippen LogP contribution in [-0.2, 0) is 9.36 Å². The van der Waals surface area contributed by atoms with Gasteiger partial charge in [-0.2, -0.15) is 0 Å². The number of amides is 2. The van der Waals surface area contributed by atoms with Crippen LogP contribution in [0.3, 0.4) is 0 Å². The van der Waals surface area contributed by atoms with Gasteiger partial charge in [-0.25, -0.2) is 4.57 Å². The first-order valence-corrected chi connectivity index (χ1v) is 6.81. The van der Waals surface area contributed by atoms with E-state index in [2.05, 4.69) is 11.1 Å². The van der Waals surface area contributed by atoms with E-state index in [4.69, 9.17) is 9.79 Å². The first kappa shape index (κ1) is 16.1. The highest BCUT2D eigenvalue weighted by atomic mass is 31.2. The minimum absolute atomic E-state index is 0.320. The molecule has 0 spiro atoms. The van der Waals surface area contributed by atoms with Gasteiger partial charge >= 0.3 is 13.2 Å². The van der Waals surface area contributed by atoms with E-state index in [0.29, 0.717) is 19.4 Å². The van der Waals surface area contributed by atoms with Crippen LogP contribution in [-0.4, -0.2) is 41.0 Å². The summed E-state index contributed by atoms with van der Waals surface area (Å²) in [6.45, 7) is 0.701. The predicted molar refractivity (Wildman–Crippen MR) is 60.0 cm³/mol. The van der Waals surface area contributed by atoms with Gasteiger partial charge in [-0.1, -0.05) is 0 Å². The van der Waals surface area contributed by atoms with Crippen molar-refractivity contribution >= 4 is 19.2 Å². The SMILES string of the molecule is CNC(=O)C(CCCC[NH3+])NC(=O)P(=O)(O)O. The van der Waals surface area contributed by atoms with Gasteiger partial charge in [0.05, 0.1) is 6.54 Å². The Hall–Kier alpha value is -0.950. The van der Waals surface area contributed by atoms with Gasteiger partial charge in [0.2, 0.25) is 5.91 Å². The zero-order chi connectivity index (χ0) is 13.5. The molecule has 0 radical (unpaired) electrons. The first-order chi connectivity index (χ1) is 7.82. The van der Waals surface area contributed by atoms with Gasteiger partial charge in [-0.05, 0) is 19.3 Å². The molecule has 0 heterocycles. The fourth-order valence-corrected chi connectivity index (χ4v) is 1.53. The van der Waals surface area contributed by atoms with Crippen LogP contribution in [0.5, 0.6) is 0 Å². The number of rotatable bonds is 7. The normalized spacial score (nSPS) is 12.9. The molecule has 1 atom stereocenters. The maximum Gasteiger partial charge on any atom is 0.413 e. The van der Waals surface area contributed by atoms with Crippen LogP contribution in [0.15, 0.2) is 0 Å². The lowest BCUT2D eigenvalue weighted by atomic mass is 10.1. The Bertz CT molecular complexity index is 316. The molecule has 0 saturated heterocycles. The average molecular weight is 268 g/mol. The second kappa shape index (κ2) is 7.39. The summed E-state index contributed by atoms with van der Waals surface area (Å²) in [4.78, 5) is 39.7. The van der Waals surface area contributed by atoms with Gasteiger partial charge in [-0.15, -0.1) is 0 Å². The van der Waals surface area contributed by atoms with Crippen molar-refractivity contribution in [3.05, 3.63) is 0 Å². The summed E-state index contributed by atoms with van der Waals surface area (Å²) in [5, 5.41) is 4.36. The van der Waals surface area contributed by atoms with E-state index in [1.165, 1.54) is 7.05 Å². The van der Waals surface area contributed by atoms with Crippen LogP contribution < -0.4 is 16.4 Å². The third-order valence-electron chi connectivity index (χ3n) is 2.12. The lowest BCUT2D eigenvalue weighted by molar-refractivity contribution is -0.368. The van der Waals surface area contributed by atoms with Crippen LogP contribution in [0, 0.1) is 0 Å². The molecule has 7 N–H and O–H groups in total. The summed E-state index contributed by atoms with van der Waals surface area (Å²) < 4.78 is 10.6. The molecule has 0 bridgehead atoms. The predicted octanol–water partition coefficient (Wildman–Crippen LogP) is -1.60. The largest absolute Gasteiger partial charge is 0.413 e. The fraction of sp³-hybridized carbons (Fsp3) is 0.750. The second-order valence-electron chi connectivity index (χ2n) is 3.51. The molecule has 2 amide bonds. The van der Waals surface area contributed by atoms with Crippen molar-refractivity contribution in [2.75, 3.05) is 13.6 Å². The van der Waals surface area contributed by atoms with Crippen LogP contribution in [0.2, 0.25) is 0 Å². The number of unbranched alkanes of at least 4 members (excludes halogenated alkanes) is 1. The molecule has 0 fully saturated rings. The van der Waals surface area contributed by atoms with Crippen molar-refractivity contribution in [2.45, 2.75) is 25.3 Å². The number of hydrogen-bond acceptors (Lipinski definition) is 3. The molecule has 0 aliphatic carbocycles. The van der Waals surface area contributed by atoms with Crippen LogP contribution in [0.25, 0.3) is 0 Å². The van der Waals surface area contributed by atoms with E-state index < -0.39 is 25.2 Å². The van der Waals surface area contributed by atoms with Crippen LogP contribution >= 0.6 is 7.60 Å². The van der Waals surface area contributed by atoms with Gasteiger partial charge in [-0.3, -0.25) is 9.59 Å². The molecule has 17 heavy (non-hydrogen) atoms. The average Bonchev–Trinajstić information content (AvgIpc) is 2.25. The van der Waals surface area contributed by atoms with Crippen molar-refractivity contribution in [3.63, 3.8) is 0 Å². The molecule has 0 aromatic rings. The maximum absolute atomic E-state index is 11.4. The summed E-state index contributed by atoms with van der Waals surface area (Å²) >= 11 is 0. The number of hydrogen-bond donors (Lipinski definition) is 5. The quantitative estimate of drug-likeness (QED) is 0.279. The molecule has 0 aromatic heterocycles. The summed E-state index contributed by atoms with van der Waals surface area (Å²) in [6.07, 6.45) is 1.74. The number of quaternary nitrogens is 1. The van der Waals surface area contributed by atoms with Crippen molar-refractivity contribution in [1.29, 1.82) is 0 Å². The highest BCUT2D eigenvalue weighted by molar-refractivity contribution is 7.69. The van der Waals surface area contributed by atoms with Crippen molar-refractivity contribution in [3.8, 4) is 0 Å². The maximum atomic E-state index is 11.4. The highest BCUT2D eigenvalue weighted by Gasteiger charge is 2.30. The van der Waals surface area contributed by atoms with Gasteiger partial charge in [0.1, 0.15) is 6.04 Å². The standard InChI is InChI=1S/C8H18N3O5P/c1-10-7(12)6(4-2-3-5-9)11-8(13)17(14,15)16/h6H,2-5,9H2,1H3,(H,10,12)(H,11,13)(H2,14,15,16)/p+1. The van der Waals surface area contributed by atoms with E-state index in [9.17, 15) is 14.2 Å². The minimum Gasteiger partial charge on any atom is -0.358 e. The zero-order valence-electron chi connectivity index (χ0n) is 9.68. The van der Waals surface area contributed by atoms with Crippen molar-refractivity contribution < 1.29 is 29.7 Å². The Morgan fingerprint density at radius 2 is 1.94 bits per heavy atom. The minimum atomic E-state index is -4.84. The molecular weight excluding hydrogens is 249 g/mol. The van der Waals surface area contributed by atoms with Gasteiger partial charge < -0.3 is 26.2 Å². The number of carbonyl (C=O) groups is 2. The van der Waals surface area contributed by atoms with Crippen LogP contribution in [0.1, 0.15) is 19.3 Å². The van der Waals surface area contributed by atoms with Crippen LogP contribution in [0.4, 0.5) is 4.79 Å². The van der Waals surface area contributed by atoms with E-state index in [-0.39, 0.29) is 0 Å². The Balaban J connectivity index is 4.44. The molecule has 8 nitrogen and oxygen atoms in total.